The Kier molecular flexibility index (Phi) is 4.96. The fraction of sp³-hybridized carbons (Fsp3) is 0.538. The van der Waals surface area contributed by atoms with Gasteiger partial charge in [0.1, 0.15) is 5.75 Å². The molecule has 0 bridgehead atoms. The lowest BCUT2D eigenvalue weighted by Crippen LogP contribution is -2.31. The van der Waals surface area contributed by atoms with E-state index in [9.17, 15) is 8.78 Å². The number of aliphatic hydroxyl groups is 1. The van der Waals surface area contributed by atoms with E-state index in [1.165, 1.54) is 4.90 Å². The van der Waals surface area contributed by atoms with Crippen LogP contribution in [0.3, 0.4) is 0 Å². The van der Waals surface area contributed by atoms with Gasteiger partial charge in [-0.05, 0) is 17.7 Å². The van der Waals surface area contributed by atoms with Gasteiger partial charge >= 0.3 is 0 Å². The highest BCUT2D eigenvalue weighted by atomic mass is 35.5. The predicted octanol–water partition coefficient (Wildman–Crippen LogP) is 2.33. The maximum absolute atomic E-state index is 12.5. The van der Waals surface area contributed by atoms with E-state index >= 15 is 0 Å². The molecule has 2 rings (SSSR count). The smallest absolute Gasteiger partial charge is 0.251 e. The molecule has 1 aliphatic heterocycles. The van der Waals surface area contributed by atoms with Crippen LogP contribution < -0.4 is 4.74 Å². The van der Waals surface area contributed by atoms with Gasteiger partial charge in [0.05, 0.1) is 19.8 Å². The summed E-state index contributed by atoms with van der Waals surface area (Å²) in [7, 11) is 0. The van der Waals surface area contributed by atoms with Crippen LogP contribution in [0.5, 0.6) is 5.75 Å². The number of alkyl halides is 2. The summed E-state index contributed by atoms with van der Waals surface area (Å²) in [6.45, 7) is 0.565. The number of nitrogens with zero attached hydrogens (tertiary/aromatic N) is 1. The van der Waals surface area contributed by atoms with Crippen molar-refractivity contribution < 1.29 is 18.6 Å². The summed E-state index contributed by atoms with van der Waals surface area (Å²) in [5.74, 6) is 0.751. The van der Waals surface area contributed by atoms with E-state index in [1.807, 2.05) is 6.07 Å². The van der Waals surface area contributed by atoms with Gasteiger partial charge in [-0.2, -0.15) is 0 Å². The molecule has 0 saturated carbocycles. The van der Waals surface area contributed by atoms with Gasteiger partial charge in [0, 0.05) is 30.1 Å². The maximum atomic E-state index is 12.5. The van der Waals surface area contributed by atoms with Gasteiger partial charge in [-0.1, -0.05) is 11.6 Å². The second kappa shape index (κ2) is 6.50. The van der Waals surface area contributed by atoms with Crippen molar-refractivity contribution in [1.29, 1.82) is 0 Å². The lowest BCUT2D eigenvalue weighted by atomic mass is 10.1. The van der Waals surface area contributed by atoms with E-state index in [-0.39, 0.29) is 19.7 Å². The molecule has 0 aromatic heterocycles. The van der Waals surface area contributed by atoms with Crippen molar-refractivity contribution in [2.24, 2.45) is 0 Å². The van der Waals surface area contributed by atoms with Gasteiger partial charge in [0.15, 0.2) is 0 Å². The van der Waals surface area contributed by atoms with Crippen molar-refractivity contribution in [3.05, 3.63) is 28.3 Å². The molecule has 0 atom stereocenters. The fourth-order valence-corrected chi connectivity index (χ4v) is 2.54. The lowest BCUT2D eigenvalue weighted by Gasteiger charge is -2.22. The van der Waals surface area contributed by atoms with Gasteiger partial charge in [-0.25, -0.2) is 8.78 Å². The first kappa shape index (κ1) is 14.5. The standard InChI is InChI=1S/C13H16ClF2NO2/c14-11-5-9-1-4-19-13(9)10(6-11)7-17(2-3-18)8-12(15)16/h5-6,12,18H,1-4,7-8H2. The zero-order valence-corrected chi connectivity index (χ0v) is 11.2. The number of hydrogen-bond acceptors (Lipinski definition) is 3. The van der Waals surface area contributed by atoms with Crippen LogP contribution in [-0.2, 0) is 13.0 Å². The zero-order valence-electron chi connectivity index (χ0n) is 10.4. The average molecular weight is 292 g/mol. The first-order valence-electron chi connectivity index (χ1n) is 6.15. The van der Waals surface area contributed by atoms with E-state index in [0.717, 1.165) is 23.3 Å². The van der Waals surface area contributed by atoms with Crippen molar-refractivity contribution >= 4 is 11.6 Å². The number of benzene rings is 1. The average Bonchev–Trinajstić information content (AvgIpc) is 2.76. The van der Waals surface area contributed by atoms with Crippen LogP contribution in [0.25, 0.3) is 0 Å². The van der Waals surface area contributed by atoms with Crippen LogP contribution in [0, 0.1) is 0 Å². The SMILES string of the molecule is OCCN(Cc1cc(Cl)cc2c1OCC2)CC(F)F. The Morgan fingerprint density at radius 3 is 2.89 bits per heavy atom. The summed E-state index contributed by atoms with van der Waals surface area (Å²) in [5, 5.41) is 9.52. The van der Waals surface area contributed by atoms with E-state index in [4.69, 9.17) is 21.4 Å². The molecule has 19 heavy (non-hydrogen) atoms. The summed E-state index contributed by atoms with van der Waals surface area (Å²) in [6.07, 6.45) is -1.64. The third kappa shape index (κ3) is 3.78. The van der Waals surface area contributed by atoms with Crippen LogP contribution in [0.15, 0.2) is 12.1 Å². The molecule has 0 unspecified atom stereocenters. The maximum Gasteiger partial charge on any atom is 0.251 e. The van der Waals surface area contributed by atoms with Gasteiger partial charge in [-0.15, -0.1) is 0 Å². The molecule has 106 valence electrons. The van der Waals surface area contributed by atoms with E-state index in [2.05, 4.69) is 0 Å². The molecule has 1 aromatic rings. The molecular weight excluding hydrogens is 276 g/mol. The Balaban J connectivity index is 2.16. The molecule has 1 aliphatic rings. The zero-order chi connectivity index (χ0) is 13.8. The third-order valence-corrected chi connectivity index (χ3v) is 3.25. The summed E-state index contributed by atoms with van der Waals surface area (Å²) < 4.78 is 30.5. The third-order valence-electron chi connectivity index (χ3n) is 3.03. The van der Waals surface area contributed by atoms with Crippen molar-refractivity contribution in [2.75, 3.05) is 26.3 Å². The number of hydrogen-bond donors (Lipinski definition) is 1. The summed E-state index contributed by atoms with van der Waals surface area (Å²) in [6, 6.07) is 3.58. The molecule has 0 radical (unpaired) electrons. The van der Waals surface area contributed by atoms with Crippen molar-refractivity contribution in [3.8, 4) is 5.75 Å². The van der Waals surface area contributed by atoms with Crippen LogP contribution in [0.1, 0.15) is 11.1 Å². The second-order valence-corrected chi connectivity index (χ2v) is 4.94. The molecule has 1 N–H and O–H groups in total. The molecule has 1 heterocycles. The van der Waals surface area contributed by atoms with Gasteiger partial charge in [0.2, 0.25) is 0 Å². The van der Waals surface area contributed by atoms with Crippen molar-refractivity contribution in [3.63, 3.8) is 0 Å². The van der Waals surface area contributed by atoms with Crippen LogP contribution in [0.4, 0.5) is 8.78 Å². The highest BCUT2D eigenvalue weighted by Crippen LogP contribution is 2.33. The predicted molar refractivity (Wildman–Crippen MR) is 69.0 cm³/mol. The van der Waals surface area contributed by atoms with E-state index < -0.39 is 6.43 Å². The Morgan fingerprint density at radius 2 is 2.21 bits per heavy atom. The Labute approximate surface area is 115 Å². The summed E-state index contributed by atoms with van der Waals surface area (Å²) in [5.41, 5.74) is 1.82. The number of ether oxygens (including phenoxy) is 1. The molecule has 0 amide bonds. The van der Waals surface area contributed by atoms with Gasteiger partial charge < -0.3 is 9.84 Å². The van der Waals surface area contributed by atoms with E-state index in [1.54, 1.807) is 6.07 Å². The fourth-order valence-electron chi connectivity index (χ4n) is 2.28. The van der Waals surface area contributed by atoms with Gasteiger partial charge in [-0.3, -0.25) is 4.90 Å². The topological polar surface area (TPSA) is 32.7 Å². The lowest BCUT2D eigenvalue weighted by molar-refractivity contribution is 0.0742. The highest BCUT2D eigenvalue weighted by Gasteiger charge is 2.20. The monoisotopic (exact) mass is 291 g/mol. The minimum Gasteiger partial charge on any atom is -0.493 e. The minimum absolute atomic E-state index is 0.156. The largest absolute Gasteiger partial charge is 0.493 e. The number of halogens is 3. The highest BCUT2D eigenvalue weighted by molar-refractivity contribution is 6.30. The Morgan fingerprint density at radius 1 is 1.42 bits per heavy atom. The Bertz CT molecular complexity index is 443. The first-order chi connectivity index (χ1) is 9.10. The van der Waals surface area contributed by atoms with E-state index in [0.29, 0.717) is 18.2 Å². The summed E-state index contributed by atoms with van der Waals surface area (Å²) in [4.78, 5) is 1.50. The van der Waals surface area contributed by atoms with Crippen LogP contribution in [0.2, 0.25) is 5.02 Å². The Hall–Kier alpha value is -0.910. The summed E-state index contributed by atoms with van der Waals surface area (Å²) >= 11 is 6.02. The molecule has 0 saturated heterocycles. The number of aliphatic hydroxyl groups excluding tert-OH is 1. The molecule has 0 fully saturated rings. The molecule has 3 nitrogen and oxygen atoms in total. The molecule has 6 heteroatoms. The molecule has 0 aliphatic carbocycles. The quantitative estimate of drug-likeness (QED) is 0.873. The first-order valence-corrected chi connectivity index (χ1v) is 6.53. The van der Waals surface area contributed by atoms with Crippen LogP contribution >= 0.6 is 11.6 Å². The minimum atomic E-state index is -2.43. The van der Waals surface area contributed by atoms with Crippen molar-refractivity contribution in [2.45, 2.75) is 19.4 Å². The molecule has 0 spiro atoms. The number of fused-ring (bicyclic) bond motifs is 1. The van der Waals surface area contributed by atoms with Gasteiger partial charge in [0.25, 0.3) is 6.43 Å². The molecule has 1 aromatic carbocycles. The van der Waals surface area contributed by atoms with Crippen molar-refractivity contribution in [1.82, 2.24) is 4.90 Å². The second-order valence-electron chi connectivity index (χ2n) is 4.50. The van der Waals surface area contributed by atoms with Crippen LogP contribution in [-0.4, -0.2) is 42.7 Å². The number of rotatable bonds is 6. The molecular formula is C13H16ClF2NO2. The normalized spacial score (nSPS) is 14.0.